The third-order valence-corrected chi connectivity index (χ3v) is 8.52. The van der Waals surface area contributed by atoms with E-state index in [1.54, 1.807) is 0 Å². The van der Waals surface area contributed by atoms with E-state index in [-0.39, 0.29) is 30.7 Å². The topological polar surface area (TPSA) is 120 Å². The van der Waals surface area contributed by atoms with Gasteiger partial charge in [-0.15, -0.1) is 0 Å². The number of aliphatic hydroxyl groups excluding tert-OH is 1. The number of aliphatic hydroxyl groups is 1. The fourth-order valence-electron chi connectivity index (χ4n) is 6.08. The van der Waals surface area contributed by atoms with Crippen molar-refractivity contribution in [3.8, 4) is 0 Å². The van der Waals surface area contributed by atoms with Crippen LogP contribution in [-0.4, -0.2) is 94.0 Å². The number of rotatable bonds is 11. The summed E-state index contributed by atoms with van der Waals surface area (Å²) in [6.07, 6.45) is -1.32. The number of alkyl halides is 3. The predicted molar refractivity (Wildman–Crippen MR) is 157 cm³/mol. The van der Waals surface area contributed by atoms with Crippen LogP contribution in [0.4, 0.5) is 19.1 Å². The summed E-state index contributed by atoms with van der Waals surface area (Å²) in [6.45, 7) is 4.98. The van der Waals surface area contributed by atoms with Gasteiger partial charge in [-0.25, -0.2) is 9.78 Å². The highest BCUT2D eigenvalue weighted by molar-refractivity contribution is 6.04. The van der Waals surface area contributed by atoms with Gasteiger partial charge in [-0.3, -0.25) is 19.9 Å². The fraction of sp³-hybridized carbons (Fsp3) is 0.516. The summed E-state index contributed by atoms with van der Waals surface area (Å²) in [5, 5.41) is 21.1. The molecule has 1 amide bonds. The van der Waals surface area contributed by atoms with Crippen molar-refractivity contribution in [2.24, 2.45) is 5.92 Å². The second-order valence-electron chi connectivity index (χ2n) is 11.6. The standard InChI is InChI=1S/C31H38F3N5O5/c32-31(33,34)24-3-1-2-23(17-24)29(43)36-30-35-26-16-22(6-9-27(26)39(30)25-7-4-21(19-40)5-8-25)18-38-12-10-37(11-13-38)14-15-44-20-28(41)42/h1-3,6,9,16-17,21,25,40H,4-5,7-8,10-15,18-20H2,(H,41,42)(H,35,36,43). The van der Waals surface area contributed by atoms with Crippen molar-refractivity contribution in [2.45, 2.75) is 44.4 Å². The number of amides is 1. The Hall–Kier alpha value is -3.52. The van der Waals surface area contributed by atoms with E-state index >= 15 is 0 Å². The molecule has 3 N–H and O–H groups in total. The molecule has 44 heavy (non-hydrogen) atoms. The van der Waals surface area contributed by atoms with Crippen LogP contribution in [0.3, 0.4) is 0 Å². The van der Waals surface area contributed by atoms with E-state index in [1.165, 1.54) is 12.1 Å². The lowest BCUT2D eigenvalue weighted by Crippen LogP contribution is -2.46. The Morgan fingerprint density at radius 3 is 2.41 bits per heavy atom. The monoisotopic (exact) mass is 617 g/mol. The van der Waals surface area contributed by atoms with Gasteiger partial charge in [0.1, 0.15) is 6.61 Å². The number of fused-ring (bicyclic) bond motifs is 1. The third kappa shape index (κ3) is 7.95. The molecule has 1 aromatic heterocycles. The molecule has 1 aliphatic carbocycles. The smallest absolute Gasteiger partial charge is 0.416 e. The largest absolute Gasteiger partial charge is 0.480 e. The Morgan fingerprint density at radius 1 is 1.00 bits per heavy atom. The molecule has 0 atom stereocenters. The molecule has 10 nitrogen and oxygen atoms in total. The number of halogens is 3. The summed E-state index contributed by atoms with van der Waals surface area (Å²) in [6, 6.07) is 10.4. The minimum atomic E-state index is -4.56. The highest BCUT2D eigenvalue weighted by atomic mass is 19.4. The molecule has 0 bridgehead atoms. The highest BCUT2D eigenvalue weighted by Gasteiger charge is 2.31. The van der Waals surface area contributed by atoms with Crippen molar-refractivity contribution in [2.75, 3.05) is 57.9 Å². The molecular formula is C31H38F3N5O5. The van der Waals surface area contributed by atoms with Crippen molar-refractivity contribution in [3.05, 3.63) is 59.2 Å². The van der Waals surface area contributed by atoms with Gasteiger partial charge in [0.05, 0.1) is 23.2 Å². The molecule has 2 aromatic carbocycles. The van der Waals surface area contributed by atoms with Gasteiger partial charge in [-0.1, -0.05) is 12.1 Å². The third-order valence-electron chi connectivity index (χ3n) is 8.52. The normalized spacial score (nSPS) is 20.2. The van der Waals surface area contributed by atoms with Crippen molar-refractivity contribution < 1.29 is 37.7 Å². The zero-order chi connectivity index (χ0) is 31.3. The maximum absolute atomic E-state index is 13.3. The van der Waals surface area contributed by atoms with Gasteiger partial charge >= 0.3 is 12.1 Å². The van der Waals surface area contributed by atoms with Gasteiger partial charge in [0.2, 0.25) is 5.95 Å². The Morgan fingerprint density at radius 2 is 1.73 bits per heavy atom. The summed E-state index contributed by atoms with van der Waals surface area (Å²) < 4.78 is 47.0. The number of piperazine rings is 1. The van der Waals surface area contributed by atoms with Gasteiger partial charge in [-0.2, -0.15) is 13.2 Å². The zero-order valence-electron chi connectivity index (χ0n) is 24.4. The number of carboxylic acid groups (broad SMARTS) is 1. The average molecular weight is 618 g/mol. The quantitative estimate of drug-likeness (QED) is 0.273. The summed E-state index contributed by atoms with van der Waals surface area (Å²) in [5.74, 6) is -1.11. The molecule has 0 radical (unpaired) electrons. The van der Waals surface area contributed by atoms with Crippen molar-refractivity contribution in [1.29, 1.82) is 0 Å². The number of aromatic nitrogens is 2. The van der Waals surface area contributed by atoms with E-state index in [2.05, 4.69) is 15.1 Å². The first-order chi connectivity index (χ1) is 21.1. The van der Waals surface area contributed by atoms with Gasteiger partial charge in [0.15, 0.2) is 0 Å². The number of carbonyl (C=O) groups is 2. The van der Waals surface area contributed by atoms with E-state index in [1.807, 2.05) is 22.8 Å². The molecule has 3 aromatic rings. The van der Waals surface area contributed by atoms with E-state index in [4.69, 9.17) is 14.8 Å². The van der Waals surface area contributed by atoms with Gasteiger partial charge < -0.3 is 19.5 Å². The number of benzene rings is 2. The summed E-state index contributed by atoms with van der Waals surface area (Å²) >= 11 is 0. The second kappa shape index (κ2) is 14.1. The minimum Gasteiger partial charge on any atom is -0.480 e. The maximum atomic E-state index is 13.3. The lowest BCUT2D eigenvalue weighted by Gasteiger charge is -2.34. The number of nitrogens with zero attached hydrogens (tertiary/aromatic N) is 4. The number of hydrogen-bond acceptors (Lipinski definition) is 7. The molecule has 1 saturated heterocycles. The number of carboxylic acids is 1. The number of imidazole rings is 1. The Kier molecular flexibility index (Phi) is 10.2. The molecule has 13 heteroatoms. The van der Waals surface area contributed by atoms with Crippen LogP contribution in [-0.2, 0) is 22.3 Å². The molecule has 0 unspecified atom stereocenters. The van der Waals surface area contributed by atoms with Crippen LogP contribution in [0.25, 0.3) is 11.0 Å². The lowest BCUT2D eigenvalue weighted by molar-refractivity contribution is -0.142. The number of ether oxygens (including phenoxy) is 1. The fourth-order valence-corrected chi connectivity index (χ4v) is 6.08. The highest BCUT2D eigenvalue weighted by Crippen LogP contribution is 2.37. The predicted octanol–water partition coefficient (Wildman–Crippen LogP) is 4.25. The summed E-state index contributed by atoms with van der Waals surface area (Å²) in [7, 11) is 0. The summed E-state index contributed by atoms with van der Waals surface area (Å²) in [4.78, 5) is 33.1. The first-order valence-electron chi connectivity index (χ1n) is 15.0. The Labute approximate surface area is 253 Å². The molecule has 1 aliphatic heterocycles. The molecule has 238 valence electrons. The SMILES string of the molecule is O=C(O)COCCN1CCN(Cc2ccc3c(c2)nc(NC(=O)c2cccc(C(F)(F)F)c2)n3C2CCC(CO)CC2)CC1. The minimum absolute atomic E-state index is 0.0259. The van der Waals surface area contributed by atoms with Crippen LogP contribution in [0.5, 0.6) is 0 Å². The van der Waals surface area contributed by atoms with Crippen LogP contribution < -0.4 is 5.32 Å². The first-order valence-corrected chi connectivity index (χ1v) is 15.0. The molecule has 2 aliphatic rings. The van der Waals surface area contributed by atoms with E-state index in [0.717, 1.165) is 75.1 Å². The molecule has 2 heterocycles. The number of anilines is 1. The van der Waals surface area contributed by atoms with E-state index in [9.17, 15) is 27.9 Å². The molecule has 5 rings (SSSR count). The number of aliphatic carboxylic acids is 1. The van der Waals surface area contributed by atoms with Gasteiger partial charge in [0.25, 0.3) is 5.91 Å². The number of nitrogens with one attached hydrogen (secondary N) is 1. The van der Waals surface area contributed by atoms with E-state index in [0.29, 0.717) is 31.2 Å². The first kappa shape index (κ1) is 31.9. The maximum Gasteiger partial charge on any atom is 0.416 e. The Bertz CT molecular complexity index is 1450. The number of carbonyl (C=O) groups excluding carboxylic acids is 1. The van der Waals surface area contributed by atoms with Crippen LogP contribution in [0.15, 0.2) is 42.5 Å². The molecule has 2 fully saturated rings. The molecule has 0 spiro atoms. The van der Waals surface area contributed by atoms with Crippen molar-refractivity contribution in [1.82, 2.24) is 19.4 Å². The average Bonchev–Trinajstić information content (AvgIpc) is 3.36. The van der Waals surface area contributed by atoms with Crippen LogP contribution in [0.1, 0.15) is 53.2 Å². The van der Waals surface area contributed by atoms with Gasteiger partial charge in [-0.05, 0) is 67.5 Å². The second-order valence-corrected chi connectivity index (χ2v) is 11.6. The van der Waals surface area contributed by atoms with Crippen molar-refractivity contribution >= 4 is 28.9 Å². The molecular weight excluding hydrogens is 579 g/mol. The van der Waals surface area contributed by atoms with Gasteiger partial charge in [0, 0.05) is 57.5 Å². The molecule has 1 saturated carbocycles. The lowest BCUT2D eigenvalue weighted by atomic mass is 9.86. The van der Waals surface area contributed by atoms with Crippen LogP contribution in [0.2, 0.25) is 0 Å². The van der Waals surface area contributed by atoms with E-state index < -0.39 is 23.6 Å². The Balaban J connectivity index is 1.31. The zero-order valence-corrected chi connectivity index (χ0v) is 24.4. The number of hydrogen-bond donors (Lipinski definition) is 3. The van der Waals surface area contributed by atoms with Crippen LogP contribution in [0, 0.1) is 5.92 Å². The van der Waals surface area contributed by atoms with Crippen molar-refractivity contribution in [3.63, 3.8) is 0 Å². The summed E-state index contributed by atoms with van der Waals surface area (Å²) in [5.41, 5.74) is 1.60. The van der Waals surface area contributed by atoms with Crippen LogP contribution >= 0.6 is 0 Å².